The van der Waals surface area contributed by atoms with Crippen LogP contribution in [-0.2, 0) is 4.74 Å². The van der Waals surface area contributed by atoms with E-state index in [0.29, 0.717) is 0 Å². The van der Waals surface area contributed by atoms with E-state index >= 15 is 0 Å². The van der Waals surface area contributed by atoms with Gasteiger partial charge in [-0.25, -0.2) is 0 Å². The fraction of sp³-hybridized carbons (Fsp3) is 0.533. The quantitative estimate of drug-likeness (QED) is 0.782. The summed E-state index contributed by atoms with van der Waals surface area (Å²) in [6.07, 6.45) is 0. The molecule has 1 unspecified atom stereocenters. The van der Waals surface area contributed by atoms with Crippen LogP contribution in [0.15, 0.2) is 24.3 Å². The minimum Gasteiger partial charge on any atom is -0.497 e. The largest absolute Gasteiger partial charge is 0.497 e. The molecule has 0 aliphatic carbocycles. The number of ether oxygens (including phenoxy) is 2. The van der Waals surface area contributed by atoms with E-state index in [1.54, 1.807) is 7.11 Å². The molecule has 1 atom stereocenters. The number of hydrogen-bond acceptors (Lipinski definition) is 4. The molecule has 2 rings (SSSR count). The molecule has 1 aliphatic heterocycles. The second kappa shape index (κ2) is 8.25. The lowest BCUT2D eigenvalue weighted by molar-refractivity contribution is 0.0313. The maximum atomic E-state index is 12.3. The van der Waals surface area contributed by atoms with E-state index in [0.717, 1.165) is 44.2 Å². The van der Waals surface area contributed by atoms with Gasteiger partial charge in [-0.2, -0.15) is 0 Å². The Balaban J connectivity index is 0.00000200. The molecule has 1 heterocycles. The fourth-order valence-electron chi connectivity index (χ4n) is 2.29. The van der Waals surface area contributed by atoms with Gasteiger partial charge in [-0.1, -0.05) is 6.92 Å². The van der Waals surface area contributed by atoms with Gasteiger partial charge in [-0.05, 0) is 24.3 Å². The molecular formula is C15H22ClNO3. The molecule has 0 amide bonds. The van der Waals surface area contributed by atoms with Gasteiger partial charge >= 0.3 is 0 Å². The topological polar surface area (TPSA) is 38.8 Å². The number of halogens is 1. The van der Waals surface area contributed by atoms with Crippen molar-refractivity contribution in [3.05, 3.63) is 29.8 Å². The Kier molecular flexibility index (Phi) is 6.99. The van der Waals surface area contributed by atoms with Crippen molar-refractivity contribution in [1.82, 2.24) is 4.90 Å². The van der Waals surface area contributed by atoms with Crippen LogP contribution in [0.4, 0.5) is 0 Å². The molecule has 0 aromatic heterocycles. The van der Waals surface area contributed by atoms with Crippen LogP contribution in [0.2, 0.25) is 0 Å². The zero-order chi connectivity index (χ0) is 13.7. The molecule has 0 bridgehead atoms. The minimum atomic E-state index is 0. The molecule has 1 aromatic carbocycles. The predicted molar refractivity (Wildman–Crippen MR) is 81.0 cm³/mol. The zero-order valence-electron chi connectivity index (χ0n) is 12.0. The number of rotatable bonds is 5. The van der Waals surface area contributed by atoms with Crippen molar-refractivity contribution in [2.45, 2.75) is 6.92 Å². The number of carbonyl (C=O) groups excluding carboxylic acids is 1. The first-order valence-electron chi connectivity index (χ1n) is 6.69. The van der Waals surface area contributed by atoms with Gasteiger partial charge in [0.05, 0.1) is 20.3 Å². The van der Waals surface area contributed by atoms with Gasteiger partial charge < -0.3 is 9.47 Å². The third-order valence-corrected chi connectivity index (χ3v) is 3.46. The number of Topliss-reactive ketones (excluding diaryl/α,β-unsaturated/α-hetero) is 1. The van der Waals surface area contributed by atoms with Gasteiger partial charge in [-0.15, -0.1) is 12.4 Å². The fourth-order valence-corrected chi connectivity index (χ4v) is 2.29. The summed E-state index contributed by atoms with van der Waals surface area (Å²) in [5, 5.41) is 0. The highest BCUT2D eigenvalue weighted by molar-refractivity contribution is 5.97. The highest BCUT2D eigenvalue weighted by Gasteiger charge is 2.20. The number of morpholine rings is 1. The Labute approximate surface area is 126 Å². The number of benzene rings is 1. The lowest BCUT2D eigenvalue weighted by Gasteiger charge is -2.28. The molecule has 1 aromatic rings. The number of ketones is 1. The van der Waals surface area contributed by atoms with E-state index in [-0.39, 0.29) is 24.1 Å². The van der Waals surface area contributed by atoms with Gasteiger partial charge in [-0.3, -0.25) is 9.69 Å². The van der Waals surface area contributed by atoms with E-state index in [2.05, 4.69) is 4.90 Å². The second-order valence-corrected chi connectivity index (χ2v) is 4.91. The Morgan fingerprint density at radius 2 is 1.90 bits per heavy atom. The summed E-state index contributed by atoms with van der Waals surface area (Å²) in [4.78, 5) is 14.6. The van der Waals surface area contributed by atoms with Crippen LogP contribution in [-0.4, -0.2) is 50.6 Å². The summed E-state index contributed by atoms with van der Waals surface area (Å²) in [6, 6.07) is 7.32. The first kappa shape index (κ1) is 17.0. The van der Waals surface area contributed by atoms with E-state index in [1.165, 1.54) is 0 Å². The molecule has 1 aliphatic rings. The summed E-state index contributed by atoms with van der Waals surface area (Å²) < 4.78 is 10.4. The monoisotopic (exact) mass is 299 g/mol. The first-order valence-corrected chi connectivity index (χ1v) is 6.69. The highest BCUT2D eigenvalue weighted by atomic mass is 35.5. The van der Waals surface area contributed by atoms with Crippen molar-refractivity contribution in [3.8, 4) is 5.75 Å². The molecule has 5 heteroatoms. The predicted octanol–water partition coefficient (Wildman–Crippen LogP) is 2.27. The maximum Gasteiger partial charge on any atom is 0.166 e. The second-order valence-electron chi connectivity index (χ2n) is 4.91. The molecule has 0 N–H and O–H groups in total. The van der Waals surface area contributed by atoms with Gasteiger partial charge in [0.1, 0.15) is 5.75 Å². The third-order valence-electron chi connectivity index (χ3n) is 3.46. The average Bonchev–Trinajstić information content (AvgIpc) is 2.47. The lowest BCUT2D eigenvalue weighted by Crippen LogP contribution is -2.40. The summed E-state index contributed by atoms with van der Waals surface area (Å²) >= 11 is 0. The first-order chi connectivity index (χ1) is 9.20. The molecular weight excluding hydrogens is 278 g/mol. The minimum absolute atomic E-state index is 0. The van der Waals surface area contributed by atoms with Crippen molar-refractivity contribution >= 4 is 18.2 Å². The van der Waals surface area contributed by atoms with Crippen molar-refractivity contribution in [2.24, 2.45) is 5.92 Å². The van der Waals surface area contributed by atoms with E-state index in [9.17, 15) is 4.79 Å². The molecule has 0 saturated carbocycles. The van der Waals surface area contributed by atoms with Crippen LogP contribution in [0, 0.1) is 5.92 Å². The van der Waals surface area contributed by atoms with E-state index in [4.69, 9.17) is 9.47 Å². The number of carbonyl (C=O) groups is 1. The Morgan fingerprint density at radius 3 is 2.45 bits per heavy atom. The molecule has 20 heavy (non-hydrogen) atoms. The number of nitrogens with zero attached hydrogens (tertiary/aromatic N) is 1. The summed E-state index contributed by atoms with van der Waals surface area (Å²) in [7, 11) is 1.62. The molecule has 0 spiro atoms. The van der Waals surface area contributed by atoms with Gasteiger partial charge in [0, 0.05) is 31.1 Å². The summed E-state index contributed by atoms with van der Waals surface area (Å²) in [5.41, 5.74) is 0.751. The van der Waals surface area contributed by atoms with Crippen molar-refractivity contribution < 1.29 is 14.3 Å². The van der Waals surface area contributed by atoms with Crippen molar-refractivity contribution in [2.75, 3.05) is 40.0 Å². The Bertz CT molecular complexity index is 416. The summed E-state index contributed by atoms with van der Waals surface area (Å²) in [6.45, 7) is 6.16. The molecule has 1 saturated heterocycles. The Morgan fingerprint density at radius 1 is 1.30 bits per heavy atom. The van der Waals surface area contributed by atoms with Gasteiger partial charge in [0.2, 0.25) is 0 Å². The number of hydrogen-bond donors (Lipinski definition) is 0. The van der Waals surface area contributed by atoms with Crippen LogP contribution in [0.1, 0.15) is 17.3 Å². The van der Waals surface area contributed by atoms with E-state index in [1.807, 2.05) is 31.2 Å². The third kappa shape index (κ3) is 4.47. The maximum absolute atomic E-state index is 12.3. The van der Waals surface area contributed by atoms with Crippen LogP contribution < -0.4 is 4.74 Å². The van der Waals surface area contributed by atoms with Crippen LogP contribution in [0.5, 0.6) is 5.75 Å². The van der Waals surface area contributed by atoms with Gasteiger partial charge in [0.25, 0.3) is 0 Å². The molecule has 4 nitrogen and oxygen atoms in total. The van der Waals surface area contributed by atoms with Crippen LogP contribution in [0.3, 0.4) is 0 Å². The SMILES string of the molecule is COc1ccc(C(=O)C(C)CN2CCOCC2)cc1.Cl. The smallest absolute Gasteiger partial charge is 0.166 e. The zero-order valence-corrected chi connectivity index (χ0v) is 12.8. The number of methoxy groups -OCH3 is 1. The van der Waals surface area contributed by atoms with Gasteiger partial charge in [0.15, 0.2) is 5.78 Å². The normalized spacial score (nSPS) is 17.1. The van der Waals surface area contributed by atoms with Crippen molar-refractivity contribution in [3.63, 3.8) is 0 Å². The van der Waals surface area contributed by atoms with E-state index < -0.39 is 0 Å². The van der Waals surface area contributed by atoms with Crippen LogP contribution >= 0.6 is 12.4 Å². The van der Waals surface area contributed by atoms with Crippen LogP contribution in [0.25, 0.3) is 0 Å². The lowest BCUT2D eigenvalue weighted by atomic mass is 9.98. The Hall–Kier alpha value is -1.10. The standard InChI is InChI=1S/C15H21NO3.ClH/c1-12(11-16-7-9-19-10-8-16)15(17)13-3-5-14(18-2)6-4-13;/h3-6,12H,7-11H2,1-2H3;1H. The average molecular weight is 300 g/mol. The molecule has 0 radical (unpaired) electrons. The molecule has 112 valence electrons. The highest BCUT2D eigenvalue weighted by Crippen LogP contribution is 2.15. The van der Waals surface area contributed by atoms with Crippen molar-refractivity contribution in [1.29, 1.82) is 0 Å². The summed E-state index contributed by atoms with van der Waals surface area (Å²) in [5.74, 6) is 0.970. The molecule has 1 fully saturated rings.